The van der Waals surface area contributed by atoms with Gasteiger partial charge in [0.2, 0.25) is 5.91 Å². The third kappa shape index (κ3) is 4.88. The van der Waals surface area contributed by atoms with E-state index in [-0.39, 0.29) is 12.0 Å². The van der Waals surface area contributed by atoms with Crippen molar-refractivity contribution in [1.82, 2.24) is 9.80 Å². The van der Waals surface area contributed by atoms with Gasteiger partial charge in [-0.2, -0.15) is 0 Å². The average molecular weight is 334 g/mol. The summed E-state index contributed by atoms with van der Waals surface area (Å²) in [6.45, 7) is 6.90. The molecule has 6 nitrogen and oxygen atoms in total. The second-order valence-electron chi connectivity index (χ2n) is 5.61. The molecule has 1 fully saturated rings. The number of amides is 2. The van der Waals surface area contributed by atoms with Gasteiger partial charge in [-0.1, -0.05) is 18.2 Å². The number of rotatable bonds is 6. The Hall–Kier alpha value is -2.24. The van der Waals surface area contributed by atoms with Crippen molar-refractivity contribution in [2.24, 2.45) is 0 Å². The Bertz CT molecular complexity index is 554. The van der Waals surface area contributed by atoms with Gasteiger partial charge in [-0.05, 0) is 31.9 Å². The maximum atomic E-state index is 12.4. The molecule has 1 heterocycles. The van der Waals surface area contributed by atoms with E-state index < -0.39 is 0 Å². The van der Waals surface area contributed by atoms with Crippen LogP contribution in [0.5, 0.6) is 5.75 Å². The highest BCUT2D eigenvalue weighted by Gasteiger charge is 2.24. The van der Waals surface area contributed by atoms with E-state index in [9.17, 15) is 9.59 Å². The lowest BCUT2D eigenvalue weighted by Gasteiger charge is -2.34. The zero-order valence-electron chi connectivity index (χ0n) is 14.5. The molecule has 6 heteroatoms. The normalized spacial score (nSPS) is 14.4. The SMILES string of the molecule is CCOC(=O)N1CCN(C(=O)CCc2ccccc2OCC)CC1. The van der Waals surface area contributed by atoms with Crippen LogP contribution in [0.1, 0.15) is 25.8 Å². The number of carbonyl (C=O) groups excluding carboxylic acids is 2. The van der Waals surface area contributed by atoms with E-state index in [0.29, 0.717) is 52.2 Å². The monoisotopic (exact) mass is 334 g/mol. The Balaban J connectivity index is 1.81. The number of hydrogen-bond acceptors (Lipinski definition) is 4. The van der Waals surface area contributed by atoms with Crippen LogP contribution in [0, 0.1) is 0 Å². The molecule has 0 aromatic heterocycles. The van der Waals surface area contributed by atoms with Crippen LogP contribution in [-0.2, 0) is 16.0 Å². The summed E-state index contributed by atoms with van der Waals surface area (Å²) < 4.78 is 10.6. The minimum atomic E-state index is -0.296. The van der Waals surface area contributed by atoms with E-state index in [1.165, 1.54) is 0 Å². The van der Waals surface area contributed by atoms with E-state index in [4.69, 9.17) is 9.47 Å². The molecule has 0 N–H and O–H groups in total. The quantitative estimate of drug-likeness (QED) is 0.801. The van der Waals surface area contributed by atoms with Gasteiger partial charge in [-0.3, -0.25) is 4.79 Å². The Morgan fingerprint density at radius 1 is 1.00 bits per heavy atom. The third-order valence-corrected chi connectivity index (χ3v) is 4.04. The smallest absolute Gasteiger partial charge is 0.409 e. The summed E-state index contributed by atoms with van der Waals surface area (Å²) in [6.07, 6.45) is 0.812. The van der Waals surface area contributed by atoms with Crippen LogP contribution in [0.4, 0.5) is 4.79 Å². The van der Waals surface area contributed by atoms with Crippen LogP contribution in [0.2, 0.25) is 0 Å². The zero-order valence-corrected chi connectivity index (χ0v) is 14.5. The molecule has 1 aliphatic heterocycles. The summed E-state index contributed by atoms with van der Waals surface area (Å²) in [6, 6.07) is 7.82. The van der Waals surface area contributed by atoms with E-state index >= 15 is 0 Å². The molecule has 2 rings (SSSR count). The molecule has 0 radical (unpaired) electrons. The molecular formula is C18H26N2O4. The number of carbonyl (C=O) groups is 2. The molecule has 1 saturated heterocycles. The third-order valence-electron chi connectivity index (χ3n) is 4.04. The lowest BCUT2D eigenvalue weighted by atomic mass is 10.1. The van der Waals surface area contributed by atoms with Gasteiger partial charge >= 0.3 is 6.09 Å². The van der Waals surface area contributed by atoms with Crippen molar-refractivity contribution < 1.29 is 19.1 Å². The van der Waals surface area contributed by atoms with Gasteiger partial charge in [0, 0.05) is 32.6 Å². The number of ether oxygens (including phenoxy) is 2. The number of para-hydroxylation sites is 1. The zero-order chi connectivity index (χ0) is 17.4. The summed E-state index contributed by atoms with van der Waals surface area (Å²) >= 11 is 0. The second-order valence-corrected chi connectivity index (χ2v) is 5.61. The van der Waals surface area contributed by atoms with Crippen LogP contribution in [0.15, 0.2) is 24.3 Å². The number of hydrogen-bond donors (Lipinski definition) is 0. The molecule has 0 aliphatic carbocycles. The number of nitrogens with zero attached hydrogens (tertiary/aromatic N) is 2. The summed E-state index contributed by atoms with van der Waals surface area (Å²) in [4.78, 5) is 27.5. The first-order valence-electron chi connectivity index (χ1n) is 8.55. The molecule has 1 aromatic rings. The molecule has 1 aliphatic rings. The topological polar surface area (TPSA) is 59.1 Å². The fourth-order valence-corrected chi connectivity index (χ4v) is 2.76. The number of benzene rings is 1. The first kappa shape index (κ1) is 18.1. The number of piperazine rings is 1. The van der Waals surface area contributed by atoms with Gasteiger partial charge in [-0.25, -0.2) is 4.79 Å². The molecule has 0 unspecified atom stereocenters. The minimum Gasteiger partial charge on any atom is -0.494 e. The number of aryl methyl sites for hydroxylation is 1. The van der Waals surface area contributed by atoms with Crippen LogP contribution < -0.4 is 4.74 Å². The van der Waals surface area contributed by atoms with Crippen molar-refractivity contribution >= 4 is 12.0 Å². The summed E-state index contributed by atoms with van der Waals surface area (Å²) in [5.41, 5.74) is 1.05. The van der Waals surface area contributed by atoms with Crippen LogP contribution in [-0.4, -0.2) is 61.2 Å². The minimum absolute atomic E-state index is 0.116. The van der Waals surface area contributed by atoms with E-state index in [0.717, 1.165) is 11.3 Å². The van der Waals surface area contributed by atoms with Crippen LogP contribution in [0.3, 0.4) is 0 Å². The summed E-state index contributed by atoms with van der Waals surface area (Å²) in [7, 11) is 0. The Labute approximate surface area is 143 Å². The molecule has 0 spiro atoms. The van der Waals surface area contributed by atoms with Crippen molar-refractivity contribution in [3.8, 4) is 5.75 Å². The highest BCUT2D eigenvalue weighted by atomic mass is 16.6. The Kier molecular flexibility index (Phi) is 6.90. The predicted octanol–water partition coefficient (Wildman–Crippen LogP) is 2.32. The molecule has 0 bridgehead atoms. The molecular weight excluding hydrogens is 308 g/mol. The first-order valence-corrected chi connectivity index (χ1v) is 8.55. The molecule has 24 heavy (non-hydrogen) atoms. The van der Waals surface area contributed by atoms with Crippen LogP contribution in [0.25, 0.3) is 0 Å². The Morgan fingerprint density at radius 3 is 2.33 bits per heavy atom. The lowest BCUT2D eigenvalue weighted by molar-refractivity contribution is -0.132. The predicted molar refractivity (Wildman–Crippen MR) is 91.1 cm³/mol. The van der Waals surface area contributed by atoms with Gasteiger partial charge in [-0.15, -0.1) is 0 Å². The Morgan fingerprint density at radius 2 is 1.67 bits per heavy atom. The summed E-state index contributed by atoms with van der Waals surface area (Å²) in [5.74, 6) is 0.963. The molecule has 1 aromatic carbocycles. The molecule has 0 atom stereocenters. The highest BCUT2D eigenvalue weighted by Crippen LogP contribution is 2.20. The van der Waals surface area contributed by atoms with Crippen molar-refractivity contribution in [3.63, 3.8) is 0 Å². The van der Waals surface area contributed by atoms with Gasteiger partial charge < -0.3 is 19.3 Å². The first-order chi connectivity index (χ1) is 11.7. The standard InChI is InChI=1S/C18H26N2O4/c1-3-23-16-8-6-5-7-15(16)9-10-17(21)19-11-13-20(14-12-19)18(22)24-4-2/h5-8H,3-4,9-14H2,1-2H3. The van der Waals surface area contributed by atoms with Gasteiger partial charge in [0.1, 0.15) is 5.75 Å². The van der Waals surface area contributed by atoms with Gasteiger partial charge in [0.25, 0.3) is 0 Å². The van der Waals surface area contributed by atoms with E-state index in [2.05, 4.69) is 0 Å². The maximum Gasteiger partial charge on any atom is 0.409 e. The van der Waals surface area contributed by atoms with E-state index in [1.807, 2.05) is 36.1 Å². The van der Waals surface area contributed by atoms with Crippen molar-refractivity contribution in [2.45, 2.75) is 26.7 Å². The van der Waals surface area contributed by atoms with Crippen molar-refractivity contribution in [3.05, 3.63) is 29.8 Å². The summed E-state index contributed by atoms with van der Waals surface area (Å²) in [5, 5.41) is 0. The fourth-order valence-electron chi connectivity index (χ4n) is 2.76. The molecule has 2 amide bonds. The van der Waals surface area contributed by atoms with Gasteiger partial charge in [0.15, 0.2) is 0 Å². The molecule has 132 valence electrons. The van der Waals surface area contributed by atoms with Crippen molar-refractivity contribution in [1.29, 1.82) is 0 Å². The fraction of sp³-hybridized carbons (Fsp3) is 0.556. The van der Waals surface area contributed by atoms with Crippen molar-refractivity contribution in [2.75, 3.05) is 39.4 Å². The van der Waals surface area contributed by atoms with Gasteiger partial charge in [0.05, 0.1) is 13.2 Å². The maximum absolute atomic E-state index is 12.4. The van der Waals surface area contributed by atoms with E-state index in [1.54, 1.807) is 11.8 Å². The average Bonchev–Trinajstić information content (AvgIpc) is 2.61. The largest absolute Gasteiger partial charge is 0.494 e. The van der Waals surface area contributed by atoms with Crippen LogP contribution >= 0.6 is 0 Å². The highest BCUT2D eigenvalue weighted by molar-refractivity contribution is 5.77. The molecule has 0 saturated carbocycles. The second kappa shape index (κ2) is 9.15. The lowest BCUT2D eigenvalue weighted by Crippen LogP contribution is -2.50.